The average Bonchev–Trinajstić information content (AvgIpc) is 3.24. The third-order valence-corrected chi connectivity index (χ3v) is 4.73. The molecule has 1 aromatic carbocycles. The lowest BCUT2D eigenvalue weighted by Crippen LogP contribution is -2.06. The van der Waals surface area contributed by atoms with Gasteiger partial charge in [0.25, 0.3) is 0 Å². The van der Waals surface area contributed by atoms with Crippen LogP contribution in [-0.4, -0.2) is 24.5 Å². The average molecular weight is 424 g/mol. The molecule has 4 rings (SSSR count). The van der Waals surface area contributed by atoms with Crippen LogP contribution in [0.15, 0.2) is 61.2 Å². The molecule has 0 aliphatic heterocycles. The molecule has 9 heteroatoms. The van der Waals surface area contributed by atoms with Gasteiger partial charge in [0.2, 0.25) is 5.95 Å². The zero-order valence-corrected chi connectivity index (χ0v) is 16.8. The molecule has 0 aliphatic carbocycles. The second-order valence-electron chi connectivity index (χ2n) is 7.35. The molecular weight excluding hydrogens is 405 g/mol. The fourth-order valence-electron chi connectivity index (χ4n) is 2.98. The Balaban J connectivity index is 1.74. The normalized spacial score (nSPS) is 11.8. The number of pyridine rings is 1. The highest BCUT2D eigenvalue weighted by Gasteiger charge is 2.30. The SMILES string of the molecule is CC(C)c1cc(-c2ccc(C(F)(F)F)cc2)nc(-n2cnc(-c3ccc(N)nc3)c2)n1. The molecule has 0 amide bonds. The van der Waals surface area contributed by atoms with Crippen LogP contribution in [-0.2, 0) is 6.18 Å². The third kappa shape index (κ3) is 4.40. The second kappa shape index (κ2) is 7.82. The minimum absolute atomic E-state index is 0.0965. The number of imidazole rings is 1. The first-order valence-corrected chi connectivity index (χ1v) is 9.53. The summed E-state index contributed by atoms with van der Waals surface area (Å²) in [6.45, 7) is 3.98. The van der Waals surface area contributed by atoms with Crippen molar-refractivity contribution in [2.45, 2.75) is 25.9 Å². The zero-order valence-electron chi connectivity index (χ0n) is 16.8. The number of benzene rings is 1. The largest absolute Gasteiger partial charge is 0.416 e. The van der Waals surface area contributed by atoms with Gasteiger partial charge in [0.15, 0.2) is 0 Å². The molecule has 0 fully saturated rings. The van der Waals surface area contributed by atoms with Crippen LogP contribution in [0.3, 0.4) is 0 Å². The molecule has 2 N–H and O–H groups in total. The second-order valence-corrected chi connectivity index (χ2v) is 7.35. The molecule has 158 valence electrons. The van der Waals surface area contributed by atoms with Crippen molar-refractivity contribution < 1.29 is 13.2 Å². The number of hydrogen-bond donors (Lipinski definition) is 1. The van der Waals surface area contributed by atoms with E-state index in [1.807, 2.05) is 19.9 Å². The van der Waals surface area contributed by atoms with Crippen LogP contribution in [0.25, 0.3) is 28.5 Å². The summed E-state index contributed by atoms with van der Waals surface area (Å²) in [5.41, 5.74) is 8.26. The molecule has 3 aromatic heterocycles. The van der Waals surface area contributed by atoms with Crippen molar-refractivity contribution in [3.05, 3.63) is 72.4 Å². The van der Waals surface area contributed by atoms with E-state index in [0.717, 1.165) is 23.4 Å². The lowest BCUT2D eigenvalue weighted by Gasteiger charge is -2.12. The summed E-state index contributed by atoms with van der Waals surface area (Å²) >= 11 is 0. The van der Waals surface area contributed by atoms with Gasteiger partial charge in [0.05, 0.1) is 17.0 Å². The lowest BCUT2D eigenvalue weighted by molar-refractivity contribution is -0.137. The first-order valence-electron chi connectivity index (χ1n) is 9.53. The van der Waals surface area contributed by atoms with Crippen molar-refractivity contribution in [2.24, 2.45) is 0 Å². The number of aromatic nitrogens is 5. The molecule has 0 bridgehead atoms. The summed E-state index contributed by atoms with van der Waals surface area (Å²) in [5, 5.41) is 0. The van der Waals surface area contributed by atoms with Crippen LogP contribution in [0, 0.1) is 0 Å². The van der Waals surface area contributed by atoms with Gasteiger partial charge in [-0.2, -0.15) is 13.2 Å². The van der Waals surface area contributed by atoms with Crippen molar-refractivity contribution in [3.8, 4) is 28.5 Å². The van der Waals surface area contributed by atoms with E-state index in [0.29, 0.717) is 28.7 Å². The van der Waals surface area contributed by atoms with Crippen LogP contribution in [0.5, 0.6) is 0 Å². The van der Waals surface area contributed by atoms with Gasteiger partial charge >= 0.3 is 6.18 Å². The first kappa shape index (κ1) is 20.5. The summed E-state index contributed by atoms with van der Waals surface area (Å²) in [5.74, 6) is 0.889. The maximum Gasteiger partial charge on any atom is 0.416 e. The van der Waals surface area contributed by atoms with Gasteiger partial charge in [0, 0.05) is 29.2 Å². The highest BCUT2D eigenvalue weighted by molar-refractivity contribution is 5.62. The Morgan fingerprint density at radius 1 is 0.903 bits per heavy atom. The van der Waals surface area contributed by atoms with Gasteiger partial charge in [0.1, 0.15) is 12.1 Å². The maximum atomic E-state index is 12.9. The first-order chi connectivity index (χ1) is 14.7. The van der Waals surface area contributed by atoms with E-state index < -0.39 is 11.7 Å². The number of hydrogen-bond acceptors (Lipinski definition) is 5. The predicted octanol–water partition coefficient (Wildman–Crippen LogP) is 5.12. The van der Waals surface area contributed by atoms with Crippen LogP contribution in [0.4, 0.5) is 19.0 Å². The number of nitrogens with zero attached hydrogens (tertiary/aromatic N) is 5. The summed E-state index contributed by atoms with van der Waals surface area (Å²) < 4.78 is 40.4. The van der Waals surface area contributed by atoms with E-state index in [1.54, 1.807) is 35.4 Å². The predicted molar refractivity (Wildman–Crippen MR) is 111 cm³/mol. The topological polar surface area (TPSA) is 82.5 Å². The molecule has 0 radical (unpaired) electrons. The minimum Gasteiger partial charge on any atom is -0.384 e. The smallest absolute Gasteiger partial charge is 0.384 e. The van der Waals surface area contributed by atoms with E-state index in [2.05, 4.69) is 19.9 Å². The van der Waals surface area contributed by atoms with Gasteiger partial charge in [-0.05, 0) is 36.2 Å². The lowest BCUT2D eigenvalue weighted by atomic mass is 10.0. The van der Waals surface area contributed by atoms with Crippen molar-refractivity contribution in [1.29, 1.82) is 0 Å². The number of alkyl halides is 3. The molecule has 0 atom stereocenters. The molecule has 4 aromatic rings. The highest BCUT2D eigenvalue weighted by atomic mass is 19.4. The Kier molecular flexibility index (Phi) is 5.18. The molecule has 0 saturated carbocycles. The van der Waals surface area contributed by atoms with Crippen molar-refractivity contribution in [3.63, 3.8) is 0 Å². The van der Waals surface area contributed by atoms with E-state index in [9.17, 15) is 13.2 Å². The minimum atomic E-state index is -4.39. The van der Waals surface area contributed by atoms with Crippen LogP contribution >= 0.6 is 0 Å². The van der Waals surface area contributed by atoms with E-state index in [-0.39, 0.29) is 5.92 Å². The number of halogens is 3. The van der Waals surface area contributed by atoms with E-state index in [1.165, 1.54) is 12.1 Å². The fourth-order valence-corrected chi connectivity index (χ4v) is 2.98. The third-order valence-electron chi connectivity index (χ3n) is 4.73. The fraction of sp³-hybridized carbons (Fsp3) is 0.182. The molecule has 6 nitrogen and oxygen atoms in total. The van der Waals surface area contributed by atoms with Gasteiger partial charge in [-0.1, -0.05) is 26.0 Å². The molecule has 0 unspecified atom stereocenters. The van der Waals surface area contributed by atoms with E-state index >= 15 is 0 Å². The summed E-state index contributed by atoms with van der Waals surface area (Å²) in [4.78, 5) is 17.6. The molecule has 0 saturated heterocycles. The molecule has 0 aliphatic rings. The van der Waals surface area contributed by atoms with Gasteiger partial charge in [-0.25, -0.2) is 19.9 Å². The van der Waals surface area contributed by atoms with Gasteiger partial charge in [-0.15, -0.1) is 0 Å². The number of nitrogen functional groups attached to an aromatic ring is 1. The Labute approximate surface area is 176 Å². The zero-order chi connectivity index (χ0) is 22.2. The summed E-state index contributed by atoms with van der Waals surface area (Å²) in [6.07, 6.45) is 0.592. The van der Waals surface area contributed by atoms with Crippen molar-refractivity contribution >= 4 is 5.82 Å². The van der Waals surface area contributed by atoms with Crippen molar-refractivity contribution in [1.82, 2.24) is 24.5 Å². The van der Waals surface area contributed by atoms with Crippen LogP contribution in [0.2, 0.25) is 0 Å². The standard InChI is InChI=1S/C22H19F3N6/c1-13(2)17-9-18(14-3-6-16(7-4-14)22(23,24)25)30-21(29-17)31-11-19(28-12-31)15-5-8-20(26)27-10-15/h3-13H,1-2H3,(H2,26,27). The van der Waals surface area contributed by atoms with Crippen molar-refractivity contribution in [2.75, 3.05) is 5.73 Å². The van der Waals surface area contributed by atoms with Gasteiger partial charge in [-0.3, -0.25) is 4.57 Å². The molecule has 3 heterocycles. The molecule has 31 heavy (non-hydrogen) atoms. The van der Waals surface area contributed by atoms with Crippen LogP contribution < -0.4 is 5.73 Å². The Morgan fingerprint density at radius 2 is 1.61 bits per heavy atom. The summed E-state index contributed by atoms with van der Waals surface area (Å²) in [6, 6.07) is 10.2. The van der Waals surface area contributed by atoms with Gasteiger partial charge < -0.3 is 5.73 Å². The number of rotatable bonds is 4. The Hall–Kier alpha value is -3.75. The Bertz CT molecular complexity index is 1200. The van der Waals surface area contributed by atoms with E-state index in [4.69, 9.17) is 5.73 Å². The number of anilines is 1. The maximum absolute atomic E-state index is 12.9. The number of nitrogens with two attached hydrogens (primary N) is 1. The Morgan fingerprint density at radius 3 is 2.23 bits per heavy atom. The monoisotopic (exact) mass is 424 g/mol. The highest BCUT2D eigenvalue weighted by Crippen LogP contribution is 2.31. The molecule has 0 spiro atoms. The van der Waals surface area contributed by atoms with Crippen LogP contribution in [0.1, 0.15) is 31.0 Å². The summed E-state index contributed by atoms with van der Waals surface area (Å²) in [7, 11) is 0. The quantitative estimate of drug-likeness (QED) is 0.492. The molecular formula is C22H19F3N6.